The van der Waals surface area contributed by atoms with E-state index in [0.29, 0.717) is 37.6 Å². The highest BCUT2D eigenvalue weighted by Crippen LogP contribution is 2.29. The molecule has 0 unspecified atom stereocenters. The van der Waals surface area contributed by atoms with Crippen LogP contribution in [-0.2, 0) is 22.6 Å². The van der Waals surface area contributed by atoms with Gasteiger partial charge in [-0.15, -0.1) is 0 Å². The largest absolute Gasteiger partial charge is 0.352 e. The first kappa shape index (κ1) is 24.8. The first-order valence-corrected chi connectivity index (χ1v) is 11.1. The van der Waals surface area contributed by atoms with Crippen molar-refractivity contribution in [2.45, 2.75) is 52.2 Å². The van der Waals surface area contributed by atoms with E-state index in [0.717, 1.165) is 0 Å². The third-order valence-electron chi connectivity index (χ3n) is 4.60. The van der Waals surface area contributed by atoms with E-state index in [1.165, 1.54) is 4.90 Å². The summed E-state index contributed by atoms with van der Waals surface area (Å²) in [7, 11) is 0. The van der Waals surface area contributed by atoms with E-state index in [9.17, 15) is 9.59 Å². The zero-order valence-electron chi connectivity index (χ0n) is 17.0. The zero-order chi connectivity index (χ0) is 22.4. The Bertz CT molecular complexity index is 878. The lowest BCUT2D eigenvalue weighted by atomic mass is 10.1. The molecular weight excluding hydrogens is 466 g/mol. The lowest BCUT2D eigenvalue weighted by Gasteiger charge is -2.32. The third kappa shape index (κ3) is 6.27. The number of nitrogens with one attached hydrogen (secondary N) is 1. The fraction of sp³-hybridized carbons (Fsp3) is 0.364. The van der Waals surface area contributed by atoms with Gasteiger partial charge in [-0.3, -0.25) is 9.59 Å². The van der Waals surface area contributed by atoms with E-state index in [1.54, 1.807) is 36.4 Å². The molecule has 0 radical (unpaired) electrons. The second-order valence-corrected chi connectivity index (χ2v) is 8.81. The number of carbonyl (C=O) groups excluding carboxylic acids is 2. The van der Waals surface area contributed by atoms with Crippen molar-refractivity contribution in [1.82, 2.24) is 10.2 Å². The van der Waals surface area contributed by atoms with E-state index < -0.39 is 6.04 Å². The topological polar surface area (TPSA) is 49.4 Å². The molecule has 2 aromatic rings. The van der Waals surface area contributed by atoms with E-state index in [-0.39, 0.29) is 30.8 Å². The SMILES string of the molecule is CC[C@H](C(=O)NC(C)C)N(Cc1c(Cl)cccc1Cl)C(=O)Cc1c(Cl)cccc1Cl. The minimum Gasteiger partial charge on any atom is -0.352 e. The molecule has 0 aliphatic heterocycles. The molecule has 0 aliphatic carbocycles. The average molecular weight is 490 g/mol. The highest BCUT2D eigenvalue weighted by Gasteiger charge is 2.30. The molecule has 2 amide bonds. The van der Waals surface area contributed by atoms with E-state index in [4.69, 9.17) is 46.4 Å². The third-order valence-corrected chi connectivity index (χ3v) is 6.01. The Balaban J connectivity index is 2.43. The molecule has 1 atom stereocenters. The molecule has 8 heteroatoms. The first-order valence-electron chi connectivity index (χ1n) is 9.61. The minimum atomic E-state index is -0.700. The van der Waals surface area contributed by atoms with Gasteiger partial charge in [-0.1, -0.05) is 65.5 Å². The molecule has 2 rings (SSSR count). The Hall–Kier alpha value is -1.46. The Labute approximate surface area is 197 Å². The van der Waals surface area contributed by atoms with Gasteiger partial charge in [-0.2, -0.15) is 0 Å². The summed E-state index contributed by atoms with van der Waals surface area (Å²) >= 11 is 25.2. The monoisotopic (exact) mass is 488 g/mol. The van der Waals surface area contributed by atoms with Gasteiger partial charge in [0, 0.05) is 38.2 Å². The van der Waals surface area contributed by atoms with Crippen LogP contribution in [0.3, 0.4) is 0 Å². The number of halogens is 4. The number of nitrogens with zero attached hydrogens (tertiary/aromatic N) is 1. The second-order valence-electron chi connectivity index (χ2n) is 7.19. The minimum absolute atomic E-state index is 0.0496. The lowest BCUT2D eigenvalue weighted by molar-refractivity contribution is -0.141. The molecule has 0 aliphatic rings. The average Bonchev–Trinajstić information content (AvgIpc) is 2.66. The zero-order valence-corrected chi connectivity index (χ0v) is 20.0. The molecule has 0 heterocycles. The first-order chi connectivity index (χ1) is 14.1. The van der Waals surface area contributed by atoms with Gasteiger partial charge in [-0.25, -0.2) is 0 Å². The van der Waals surface area contributed by atoms with Crippen LogP contribution in [-0.4, -0.2) is 28.8 Å². The molecule has 4 nitrogen and oxygen atoms in total. The summed E-state index contributed by atoms with van der Waals surface area (Å²) in [5, 5.41) is 4.52. The normalized spacial score (nSPS) is 12.0. The molecule has 1 N–H and O–H groups in total. The van der Waals surface area contributed by atoms with Crippen molar-refractivity contribution in [3.63, 3.8) is 0 Å². The van der Waals surface area contributed by atoms with Gasteiger partial charge >= 0.3 is 0 Å². The summed E-state index contributed by atoms with van der Waals surface area (Å²) in [6.45, 7) is 5.67. The van der Waals surface area contributed by atoms with Crippen molar-refractivity contribution in [2.24, 2.45) is 0 Å². The van der Waals surface area contributed by atoms with Crippen molar-refractivity contribution in [1.29, 1.82) is 0 Å². The molecule has 0 aromatic heterocycles. The quantitative estimate of drug-likeness (QED) is 0.481. The van der Waals surface area contributed by atoms with Crippen LogP contribution in [0.5, 0.6) is 0 Å². The number of benzene rings is 2. The smallest absolute Gasteiger partial charge is 0.243 e. The maximum Gasteiger partial charge on any atom is 0.243 e. The standard InChI is InChI=1S/C22H24Cl4N2O2/c1-4-20(22(30)27-13(2)3)28(12-15-18(25)9-6-10-19(15)26)21(29)11-14-16(23)7-5-8-17(14)24/h5-10,13,20H,4,11-12H2,1-3H3,(H,27,30)/t20-/m1/s1. The van der Waals surface area contributed by atoms with Gasteiger partial charge < -0.3 is 10.2 Å². The molecule has 30 heavy (non-hydrogen) atoms. The van der Waals surface area contributed by atoms with Crippen molar-refractivity contribution < 1.29 is 9.59 Å². The maximum atomic E-state index is 13.4. The molecule has 0 saturated heterocycles. The van der Waals surface area contributed by atoms with Crippen LogP contribution >= 0.6 is 46.4 Å². The maximum absolute atomic E-state index is 13.4. The Morgan fingerprint density at radius 3 is 1.80 bits per heavy atom. The predicted molar refractivity (Wildman–Crippen MR) is 125 cm³/mol. The van der Waals surface area contributed by atoms with Crippen LogP contribution in [0.25, 0.3) is 0 Å². The fourth-order valence-corrected chi connectivity index (χ4v) is 4.16. The van der Waals surface area contributed by atoms with Crippen LogP contribution in [0.15, 0.2) is 36.4 Å². The van der Waals surface area contributed by atoms with Crippen LogP contribution in [0.4, 0.5) is 0 Å². The number of carbonyl (C=O) groups is 2. The highest BCUT2D eigenvalue weighted by molar-refractivity contribution is 6.36. The Morgan fingerprint density at radius 2 is 1.37 bits per heavy atom. The lowest BCUT2D eigenvalue weighted by Crippen LogP contribution is -2.50. The molecular formula is C22H24Cl4N2O2. The number of rotatable bonds is 8. The summed E-state index contributed by atoms with van der Waals surface area (Å²) in [5.41, 5.74) is 1.09. The van der Waals surface area contributed by atoms with Gasteiger partial charge in [0.25, 0.3) is 0 Å². The van der Waals surface area contributed by atoms with Crippen molar-refractivity contribution in [3.05, 3.63) is 67.6 Å². The molecule has 162 valence electrons. The summed E-state index contributed by atoms with van der Waals surface area (Å²) in [6.07, 6.45) is 0.370. The molecule has 0 saturated carbocycles. The Morgan fingerprint density at radius 1 is 0.900 bits per heavy atom. The summed E-state index contributed by atoms with van der Waals surface area (Å²) < 4.78 is 0. The molecule has 0 bridgehead atoms. The number of amides is 2. The number of hydrogen-bond acceptors (Lipinski definition) is 2. The van der Waals surface area contributed by atoms with Crippen LogP contribution < -0.4 is 5.32 Å². The summed E-state index contributed by atoms with van der Waals surface area (Å²) in [5.74, 6) is -0.541. The highest BCUT2D eigenvalue weighted by atomic mass is 35.5. The summed E-state index contributed by atoms with van der Waals surface area (Å²) in [6, 6.07) is 9.43. The number of hydrogen-bond donors (Lipinski definition) is 1. The molecule has 0 spiro atoms. The van der Waals surface area contributed by atoms with Crippen LogP contribution in [0.1, 0.15) is 38.3 Å². The van der Waals surface area contributed by atoms with Gasteiger partial charge in [0.2, 0.25) is 11.8 Å². The summed E-state index contributed by atoms with van der Waals surface area (Å²) in [4.78, 5) is 27.7. The fourth-order valence-electron chi connectivity index (χ4n) is 3.11. The van der Waals surface area contributed by atoms with Crippen molar-refractivity contribution in [3.8, 4) is 0 Å². The van der Waals surface area contributed by atoms with E-state index >= 15 is 0 Å². The van der Waals surface area contributed by atoms with E-state index in [2.05, 4.69) is 5.32 Å². The van der Waals surface area contributed by atoms with Crippen molar-refractivity contribution >= 4 is 58.2 Å². The van der Waals surface area contributed by atoms with Gasteiger partial charge in [-0.05, 0) is 50.1 Å². The van der Waals surface area contributed by atoms with Gasteiger partial charge in [0.15, 0.2) is 0 Å². The van der Waals surface area contributed by atoms with Crippen molar-refractivity contribution in [2.75, 3.05) is 0 Å². The van der Waals surface area contributed by atoms with Crippen LogP contribution in [0, 0.1) is 0 Å². The van der Waals surface area contributed by atoms with E-state index in [1.807, 2.05) is 20.8 Å². The van der Waals surface area contributed by atoms with Gasteiger partial charge in [0.1, 0.15) is 6.04 Å². The molecule has 2 aromatic carbocycles. The van der Waals surface area contributed by atoms with Gasteiger partial charge in [0.05, 0.1) is 6.42 Å². The second kappa shape index (κ2) is 11.2. The van der Waals surface area contributed by atoms with Crippen LogP contribution in [0.2, 0.25) is 20.1 Å². The molecule has 0 fully saturated rings. The Kier molecular flexibility index (Phi) is 9.30. The predicted octanol–water partition coefficient (Wildman–Crippen LogP) is 6.17.